The zero-order valence-corrected chi connectivity index (χ0v) is 13.8. The Labute approximate surface area is 140 Å². The third-order valence-electron chi connectivity index (χ3n) is 3.45. The van der Waals surface area contributed by atoms with E-state index in [1.54, 1.807) is 24.3 Å². The lowest BCUT2D eigenvalue weighted by Gasteiger charge is -2.11. The lowest BCUT2D eigenvalue weighted by molar-refractivity contribution is -0.116. The zero-order valence-electron chi connectivity index (χ0n) is 13.8. The Bertz CT molecular complexity index is 687. The van der Waals surface area contributed by atoms with Crippen molar-refractivity contribution < 1.29 is 13.6 Å². The van der Waals surface area contributed by atoms with E-state index in [0.29, 0.717) is 24.2 Å². The van der Waals surface area contributed by atoms with Crippen LogP contribution in [-0.2, 0) is 11.3 Å². The fourth-order valence-electron chi connectivity index (χ4n) is 2.08. The van der Waals surface area contributed by atoms with Gasteiger partial charge in [-0.05, 0) is 44.4 Å². The number of anilines is 2. The monoisotopic (exact) mass is 333 g/mol. The Morgan fingerprint density at radius 1 is 1.04 bits per heavy atom. The first-order chi connectivity index (χ1) is 11.4. The molecule has 2 N–H and O–H groups in total. The molecular weight excluding hydrogens is 312 g/mol. The molecule has 0 aromatic heterocycles. The van der Waals surface area contributed by atoms with Crippen LogP contribution >= 0.6 is 0 Å². The SMILES string of the molecule is CN(C)CCC(=O)Nc1ccc(NCc2ccc(F)cc2F)cc1. The van der Waals surface area contributed by atoms with Gasteiger partial charge in [0.1, 0.15) is 11.6 Å². The van der Waals surface area contributed by atoms with Gasteiger partial charge in [-0.2, -0.15) is 0 Å². The molecule has 2 aromatic rings. The molecule has 0 spiro atoms. The van der Waals surface area contributed by atoms with Crippen molar-refractivity contribution in [2.24, 2.45) is 0 Å². The predicted octanol–water partition coefficient (Wildman–Crippen LogP) is 3.47. The summed E-state index contributed by atoms with van der Waals surface area (Å²) in [5, 5.41) is 5.88. The summed E-state index contributed by atoms with van der Waals surface area (Å²) in [7, 11) is 3.83. The first-order valence-corrected chi connectivity index (χ1v) is 7.66. The Balaban J connectivity index is 1.86. The fourth-order valence-corrected chi connectivity index (χ4v) is 2.08. The van der Waals surface area contributed by atoms with Gasteiger partial charge in [-0.25, -0.2) is 8.78 Å². The summed E-state index contributed by atoms with van der Waals surface area (Å²) in [6, 6.07) is 10.6. The Morgan fingerprint density at radius 3 is 2.33 bits per heavy atom. The average molecular weight is 333 g/mol. The van der Waals surface area contributed by atoms with Crippen LogP contribution in [0.5, 0.6) is 0 Å². The number of rotatable bonds is 7. The fraction of sp³-hybridized carbons (Fsp3) is 0.278. The van der Waals surface area contributed by atoms with Gasteiger partial charge in [0.2, 0.25) is 5.91 Å². The third-order valence-corrected chi connectivity index (χ3v) is 3.45. The standard InChI is InChI=1S/C18H21F2N3O/c1-23(2)10-9-18(24)22-16-7-5-15(6-8-16)21-12-13-3-4-14(19)11-17(13)20/h3-8,11,21H,9-10,12H2,1-2H3,(H,22,24). The molecule has 0 unspecified atom stereocenters. The molecule has 0 saturated carbocycles. The van der Waals surface area contributed by atoms with Gasteiger partial charge < -0.3 is 15.5 Å². The smallest absolute Gasteiger partial charge is 0.225 e. The van der Waals surface area contributed by atoms with E-state index in [1.807, 2.05) is 19.0 Å². The third kappa shape index (κ3) is 5.62. The minimum Gasteiger partial charge on any atom is -0.381 e. The molecule has 0 fully saturated rings. The highest BCUT2D eigenvalue weighted by Crippen LogP contribution is 2.16. The van der Waals surface area contributed by atoms with E-state index in [1.165, 1.54) is 12.1 Å². The lowest BCUT2D eigenvalue weighted by Crippen LogP contribution is -2.20. The van der Waals surface area contributed by atoms with Gasteiger partial charge in [-0.3, -0.25) is 4.79 Å². The molecule has 0 bridgehead atoms. The molecular formula is C18H21F2N3O. The van der Waals surface area contributed by atoms with Crippen LogP contribution in [0.2, 0.25) is 0 Å². The van der Waals surface area contributed by atoms with Crippen LogP contribution in [0, 0.1) is 11.6 Å². The van der Waals surface area contributed by atoms with E-state index >= 15 is 0 Å². The largest absolute Gasteiger partial charge is 0.381 e. The van der Waals surface area contributed by atoms with Crippen molar-refractivity contribution in [3.8, 4) is 0 Å². The van der Waals surface area contributed by atoms with E-state index in [0.717, 1.165) is 11.8 Å². The maximum atomic E-state index is 13.6. The number of hydrogen-bond donors (Lipinski definition) is 2. The normalized spacial score (nSPS) is 10.7. The van der Waals surface area contributed by atoms with E-state index in [-0.39, 0.29) is 12.5 Å². The molecule has 2 aromatic carbocycles. The van der Waals surface area contributed by atoms with Crippen molar-refractivity contribution in [1.82, 2.24) is 4.90 Å². The molecule has 0 heterocycles. The highest BCUT2D eigenvalue weighted by atomic mass is 19.1. The van der Waals surface area contributed by atoms with Gasteiger partial charge in [-0.15, -0.1) is 0 Å². The van der Waals surface area contributed by atoms with Crippen LogP contribution in [0.4, 0.5) is 20.2 Å². The number of carbonyl (C=O) groups excluding carboxylic acids is 1. The molecule has 24 heavy (non-hydrogen) atoms. The quantitative estimate of drug-likeness (QED) is 0.815. The van der Waals surface area contributed by atoms with Gasteiger partial charge in [0.25, 0.3) is 0 Å². The second kappa shape index (κ2) is 8.40. The summed E-state index contributed by atoms with van der Waals surface area (Å²) >= 11 is 0. The van der Waals surface area contributed by atoms with Crippen LogP contribution in [0.15, 0.2) is 42.5 Å². The predicted molar refractivity (Wildman–Crippen MR) is 91.9 cm³/mol. The molecule has 128 valence electrons. The van der Waals surface area contributed by atoms with Gasteiger partial charge in [-0.1, -0.05) is 6.07 Å². The Morgan fingerprint density at radius 2 is 1.71 bits per heavy atom. The Kier molecular flexibility index (Phi) is 6.26. The number of benzene rings is 2. The number of halogens is 2. The van der Waals surface area contributed by atoms with Crippen molar-refractivity contribution in [3.05, 3.63) is 59.7 Å². The average Bonchev–Trinajstić information content (AvgIpc) is 2.53. The number of carbonyl (C=O) groups is 1. The zero-order chi connectivity index (χ0) is 17.5. The number of amides is 1. The van der Waals surface area contributed by atoms with Crippen molar-refractivity contribution in [3.63, 3.8) is 0 Å². The van der Waals surface area contributed by atoms with Gasteiger partial charge in [0.05, 0.1) is 0 Å². The van der Waals surface area contributed by atoms with E-state index in [4.69, 9.17) is 0 Å². The summed E-state index contributed by atoms with van der Waals surface area (Å²) in [5.41, 5.74) is 1.87. The molecule has 4 nitrogen and oxygen atoms in total. The maximum Gasteiger partial charge on any atom is 0.225 e. The summed E-state index contributed by atoms with van der Waals surface area (Å²) in [6.45, 7) is 0.940. The van der Waals surface area contributed by atoms with Gasteiger partial charge >= 0.3 is 0 Å². The minimum absolute atomic E-state index is 0.0437. The van der Waals surface area contributed by atoms with Crippen LogP contribution < -0.4 is 10.6 Å². The molecule has 0 aliphatic carbocycles. The summed E-state index contributed by atoms with van der Waals surface area (Å²) in [4.78, 5) is 13.7. The van der Waals surface area contributed by atoms with Crippen molar-refractivity contribution >= 4 is 17.3 Å². The molecule has 0 radical (unpaired) electrons. The van der Waals surface area contributed by atoms with Crippen molar-refractivity contribution in [1.29, 1.82) is 0 Å². The summed E-state index contributed by atoms with van der Waals surface area (Å²) in [5.74, 6) is -1.21. The van der Waals surface area contributed by atoms with Gasteiger partial charge in [0, 0.05) is 42.5 Å². The highest BCUT2D eigenvalue weighted by molar-refractivity contribution is 5.90. The van der Waals surface area contributed by atoms with E-state index in [2.05, 4.69) is 10.6 Å². The van der Waals surface area contributed by atoms with E-state index in [9.17, 15) is 13.6 Å². The number of nitrogens with zero attached hydrogens (tertiary/aromatic N) is 1. The second-order valence-corrected chi connectivity index (χ2v) is 5.77. The molecule has 0 aliphatic heterocycles. The van der Waals surface area contributed by atoms with E-state index < -0.39 is 11.6 Å². The molecule has 0 aliphatic rings. The first kappa shape index (κ1) is 17.9. The topological polar surface area (TPSA) is 44.4 Å². The van der Waals surface area contributed by atoms with Crippen LogP contribution in [0.25, 0.3) is 0 Å². The maximum absolute atomic E-state index is 13.6. The Hall–Kier alpha value is -2.47. The van der Waals surface area contributed by atoms with Crippen molar-refractivity contribution in [2.45, 2.75) is 13.0 Å². The summed E-state index contributed by atoms with van der Waals surface area (Å²) in [6.07, 6.45) is 0.427. The van der Waals surface area contributed by atoms with Crippen LogP contribution in [0.3, 0.4) is 0 Å². The molecule has 6 heteroatoms. The summed E-state index contributed by atoms with van der Waals surface area (Å²) < 4.78 is 26.4. The van der Waals surface area contributed by atoms with Crippen molar-refractivity contribution in [2.75, 3.05) is 31.3 Å². The molecule has 1 amide bonds. The number of nitrogens with one attached hydrogen (secondary N) is 2. The minimum atomic E-state index is -0.592. The molecule has 0 atom stereocenters. The lowest BCUT2D eigenvalue weighted by atomic mass is 10.2. The number of hydrogen-bond acceptors (Lipinski definition) is 3. The second-order valence-electron chi connectivity index (χ2n) is 5.77. The molecule has 2 rings (SSSR count). The molecule has 0 saturated heterocycles. The van der Waals surface area contributed by atoms with Gasteiger partial charge in [0.15, 0.2) is 0 Å². The highest BCUT2D eigenvalue weighted by Gasteiger charge is 2.05. The van der Waals surface area contributed by atoms with Crippen LogP contribution in [0.1, 0.15) is 12.0 Å². The van der Waals surface area contributed by atoms with Crippen LogP contribution in [-0.4, -0.2) is 31.4 Å². The first-order valence-electron chi connectivity index (χ1n) is 7.66.